The molecule has 0 fully saturated rings. The lowest BCUT2D eigenvalue weighted by Crippen LogP contribution is -2.41. The van der Waals surface area contributed by atoms with Gasteiger partial charge in [0, 0.05) is 5.69 Å². The zero-order valence-corrected chi connectivity index (χ0v) is 20.1. The summed E-state index contributed by atoms with van der Waals surface area (Å²) in [5, 5.41) is 11.6. The number of halogens is 1. The second-order valence-corrected chi connectivity index (χ2v) is 9.38. The van der Waals surface area contributed by atoms with E-state index in [1.807, 2.05) is 62.4 Å². The maximum absolute atomic E-state index is 13.6. The minimum Gasteiger partial charge on any atom is -0.486 e. The summed E-state index contributed by atoms with van der Waals surface area (Å²) in [5.41, 5.74) is 7.01. The van der Waals surface area contributed by atoms with Crippen LogP contribution in [0.5, 0.6) is 5.75 Å². The molecular formula is C26H24FN5O2S. The number of aryl methyl sites for hydroxylation is 1. The first-order chi connectivity index (χ1) is 17.0. The van der Waals surface area contributed by atoms with E-state index in [4.69, 9.17) is 4.74 Å². The number of nitrogens with one attached hydrogen (secondary N) is 2. The van der Waals surface area contributed by atoms with Crippen LogP contribution in [0, 0.1) is 19.7 Å². The van der Waals surface area contributed by atoms with E-state index in [0.717, 1.165) is 22.4 Å². The van der Waals surface area contributed by atoms with Crippen molar-refractivity contribution in [2.45, 2.75) is 36.9 Å². The van der Waals surface area contributed by atoms with Crippen LogP contribution in [0.25, 0.3) is 0 Å². The summed E-state index contributed by atoms with van der Waals surface area (Å²) in [7, 11) is 0. The summed E-state index contributed by atoms with van der Waals surface area (Å²) in [6.45, 7) is 4.18. The third-order valence-electron chi connectivity index (χ3n) is 5.96. The van der Waals surface area contributed by atoms with Gasteiger partial charge in [0.05, 0.1) is 6.04 Å². The minimum absolute atomic E-state index is 0.179. The number of fused-ring (bicyclic) bond motifs is 1. The van der Waals surface area contributed by atoms with Gasteiger partial charge in [0.25, 0.3) is 0 Å². The molecule has 1 aliphatic heterocycles. The second-order valence-electron chi connectivity index (χ2n) is 8.27. The van der Waals surface area contributed by atoms with Crippen molar-refractivity contribution >= 4 is 23.4 Å². The van der Waals surface area contributed by atoms with E-state index in [1.54, 1.807) is 16.8 Å². The van der Waals surface area contributed by atoms with E-state index in [1.165, 1.54) is 23.9 Å². The number of rotatable bonds is 6. The highest BCUT2D eigenvalue weighted by atomic mass is 32.2. The molecule has 7 nitrogen and oxygen atoms in total. The molecular weight excluding hydrogens is 465 g/mol. The zero-order valence-electron chi connectivity index (χ0n) is 19.2. The molecule has 1 amide bonds. The van der Waals surface area contributed by atoms with Crippen LogP contribution in [0.4, 0.5) is 10.1 Å². The first-order valence-corrected chi connectivity index (χ1v) is 12.1. The number of anilines is 1. The van der Waals surface area contributed by atoms with Gasteiger partial charge in [0.15, 0.2) is 5.82 Å². The van der Waals surface area contributed by atoms with Crippen LogP contribution in [0.3, 0.4) is 0 Å². The van der Waals surface area contributed by atoms with Crippen molar-refractivity contribution < 1.29 is 13.9 Å². The molecule has 1 aromatic heterocycles. The van der Waals surface area contributed by atoms with E-state index in [-0.39, 0.29) is 18.3 Å². The van der Waals surface area contributed by atoms with E-state index < -0.39 is 11.3 Å². The van der Waals surface area contributed by atoms with Crippen molar-refractivity contribution in [2.24, 2.45) is 0 Å². The number of carbonyl (C=O) groups excluding carboxylic acids is 1. The summed E-state index contributed by atoms with van der Waals surface area (Å²) in [6, 6.07) is 20.9. The Morgan fingerprint density at radius 3 is 2.60 bits per heavy atom. The fourth-order valence-corrected chi connectivity index (χ4v) is 4.97. The van der Waals surface area contributed by atoms with Crippen LogP contribution in [0.15, 0.2) is 78.0 Å². The van der Waals surface area contributed by atoms with Gasteiger partial charge in [-0.1, -0.05) is 54.2 Å². The lowest BCUT2D eigenvalue weighted by molar-refractivity contribution is -0.116. The third kappa shape index (κ3) is 4.85. The van der Waals surface area contributed by atoms with Gasteiger partial charge in [-0.2, -0.15) is 0 Å². The summed E-state index contributed by atoms with van der Waals surface area (Å²) >= 11 is 1.31. The first-order valence-electron chi connectivity index (χ1n) is 11.2. The zero-order chi connectivity index (χ0) is 24.4. The highest BCUT2D eigenvalue weighted by molar-refractivity contribution is 8.00. The monoisotopic (exact) mass is 489 g/mol. The minimum atomic E-state index is -0.569. The predicted molar refractivity (Wildman–Crippen MR) is 133 cm³/mol. The molecule has 0 spiro atoms. The number of para-hydroxylation sites is 1. The Morgan fingerprint density at radius 2 is 1.83 bits per heavy atom. The van der Waals surface area contributed by atoms with Gasteiger partial charge >= 0.3 is 0 Å². The highest BCUT2D eigenvalue weighted by Gasteiger charge is 2.38. The molecule has 5 rings (SSSR count). The SMILES string of the molecule is Cc1cccc(NC(=O)C2Sc3nnc(COc4ccccc4)n3NC2c2ccc(F)cc2)c1C. The second kappa shape index (κ2) is 9.79. The molecule has 0 bridgehead atoms. The van der Waals surface area contributed by atoms with Gasteiger partial charge < -0.3 is 15.5 Å². The van der Waals surface area contributed by atoms with E-state index >= 15 is 0 Å². The molecule has 0 radical (unpaired) electrons. The number of amides is 1. The Kier molecular flexibility index (Phi) is 6.41. The number of carbonyl (C=O) groups is 1. The molecule has 3 aromatic carbocycles. The van der Waals surface area contributed by atoms with Crippen LogP contribution < -0.4 is 15.5 Å². The number of thioether (sulfide) groups is 1. The normalized spacial score (nSPS) is 16.8. The Balaban J connectivity index is 1.43. The fraction of sp³-hybridized carbons (Fsp3) is 0.192. The van der Waals surface area contributed by atoms with Crippen molar-refractivity contribution in [1.82, 2.24) is 14.9 Å². The van der Waals surface area contributed by atoms with Crippen LogP contribution in [-0.2, 0) is 11.4 Å². The Bertz CT molecular complexity index is 1340. The summed E-state index contributed by atoms with van der Waals surface area (Å²) in [5.74, 6) is 0.767. The number of hydrogen-bond donors (Lipinski definition) is 2. The average Bonchev–Trinajstić information content (AvgIpc) is 3.28. The number of nitrogens with zero attached hydrogens (tertiary/aromatic N) is 3. The Hall–Kier alpha value is -3.85. The average molecular weight is 490 g/mol. The maximum Gasteiger partial charge on any atom is 0.240 e. The molecule has 2 atom stereocenters. The van der Waals surface area contributed by atoms with Gasteiger partial charge in [-0.25, -0.2) is 9.07 Å². The molecule has 0 aliphatic carbocycles. The van der Waals surface area contributed by atoms with Gasteiger partial charge in [-0.3, -0.25) is 4.79 Å². The van der Waals surface area contributed by atoms with E-state index in [9.17, 15) is 9.18 Å². The standard InChI is InChI=1S/C26H24FN5O2S/c1-16-7-6-10-21(17(16)2)28-25(33)24-23(18-11-13-19(27)14-12-18)31-32-22(29-30-26(32)35-24)15-34-20-8-4-3-5-9-20/h3-14,23-24,31H,15H2,1-2H3,(H,28,33). The van der Waals surface area contributed by atoms with Crippen molar-refractivity contribution in [1.29, 1.82) is 0 Å². The summed E-state index contributed by atoms with van der Waals surface area (Å²) in [6.07, 6.45) is 0. The smallest absolute Gasteiger partial charge is 0.240 e. The molecule has 0 saturated heterocycles. The van der Waals surface area contributed by atoms with Gasteiger partial charge in [-0.15, -0.1) is 10.2 Å². The van der Waals surface area contributed by atoms with Crippen LogP contribution in [0.1, 0.15) is 28.6 Å². The lowest BCUT2D eigenvalue weighted by Gasteiger charge is -2.33. The number of aromatic nitrogens is 3. The van der Waals surface area contributed by atoms with Gasteiger partial charge in [0.2, 0.25) is 11.1 Å². The quantitative estimate of drug-likeness (QED) is 0.396. The Labute approximate surface area is 206 Å². The molecule has 178 valence electrons. The Morgan fingerprint density at radius 1 is 1.06 bits per heavy atom. The molecule has 1 aliphatic rings. The highest BCUT2D eigenvalue weighted by Crippen LogP contribution is 2.38. The van der Waals surface area contributed by atoms with Crippen molar-refractivity contribution in [3.05, 3.63) is 101 Å². The first kappa shape index (κ1) is 22.9. The van der Waals surface area contributed by atoms with Gasteiger partial charge in [-0.05, 0) is 60.9 Å². The molecule has 2 N–H and O–H groups in total. The van der Waals surface area contributed by atoms with Gasteiger partial charge in [0.1, 0.15) is 23.4 Å². The molecule has 35 heavy (non-hydrogen) atoms. The molecule has 4 aromatic rings. The number of benzene rings is 3. The fourth-order valence-electron chi connectivity index (χ4n) is 3.87. The summed E-state index contributed by atoms with van der Waals surface area (Å²) in [4.78, 5) is 13.5. The van der Waals surface area contributed by atoms with Crippen LogP contribution in [0.2, 0.25) is 0 Å². The van der Waals surface area contributed by atoms with Crippen LogP contribution >= 0.6 is 11.8 Å². The topological polar surface area (TPSA) is 81.1 Å². The third-order valence-corrected chi connectivity index (χ3v) is 7.18. The van der Waals surface area contributed by atoms with Crippen molar-refractivity contribution in [3.63, 3.8) is 0 Å². The van der Waals surface area contributed by atoms with E-state index in [0.29, 0.717) is 16.7 Å². The summed E-state index contributed by atoms with van der Waals surface area (Å²) < 4.78 is 21.2. The number of ether oxygens (including phenoxy) is 1. The molecule has 9 heteroatoms. The lowest BCUT2D eigenvalue weighted by atomic mass is 10.0. The molecule has 2 unspecified atom stereocenters. The molecule has 0 saturated carbocycles. The van der Waals surface area contributed by atoms with Crippen molar-refractivity contribution in [3.8, 4) is 5.75 Å². The van der Waals surface area contributed by atoms with Crippen molar-refractivity contribution in [2.75, 3.05) is 10.7 Å². The number of hydrogen-bond acceptors (Lipinski definition) is 6. The predicted octanol–water partition coefficient (Wildman–Crippen LogP) is 5.01. The van der Waals surface area contributed by atoms with Crippen LogP contribution in [-0.4, -0.2) is 26.0 Å². The molecule has 2 heterocycles. The largest absolute Gasteiger partial charge is 0.486 e. The maximum atomic E-state index is 13.6. The van der Waals surface area contributed by atoms with E-state index in [2.05, 4.69) is 20.9 Å².